The number of carbonyl (C=O) groups is 1. The van der Waals surface area contributed by atoms with Crippen molar-refractivity contribution < 1.29 is 35.9 Å². The van der Waals surface area contributed by atoms with Crippen LogP contribution in [0.2, 0.25) is 0 Å². The molecule has 170 valence electrons. The summed E-state index contributed by atoms with van der Waals surface area (Å²) in [6.45, 7) is 4.97. The molecule has 2 aromatic rings. The highest BCUT2D eigenvalue weighted by Gasteiger charge is 2.47. The maximum atomic E-state index is 13.4. The molecule has 1 aliphatic heterocycles. The molecule has 31 heavy (non-hydrogen) atoms. The van der Waals surface area contributed by atoms with Crippen molar-refractivity contribution in [3.05, 3.63) is 41.3 Å². The van der Waals surface area contributed by atoms with Gasteiger partial charge in [0.15, 0.2) is 9.84 Å². The minimum absolute atomic E-state index is 0.130. The monoisotopic (exact) mass is 463 g/mol. The number of halogens is 4. The zero-order valence-corrected chi connectivity index (χ0v) is 17.7. The predicted molar refractivity (Wildman–Crippen MR) is 103 cm³/mol. The van der Waals surface area contributed by atoms with E-state index >= 15 is 0 Å². The van der Waals surface area contributed by atoms with Gasteiger partial charge in [0.1, 0.15) is 17.7 Å². The molecule has 1 N–H and O–H groups in total. The maximum absolute atomic E-state index is 13.4. The summed E-state index contributed by atoms with van der Waals surface area (Å²) >= 11 is 0. The number of hydrogen-bond acceptors (Lipinski definition) is 5. The third kappa shape index (κ3) is 4.25. The van der Waals surface area contributed by atoms with Gasteiger partial charge in [-0.2, -0.15) is 18.3 Å². The number of sulfone groups is 1. The quantitative estimate of drug-likeness (QED) is 0.540. The minimum atomic E-state index is -5.09. The normalized spacial score (nSPS) is 19.9. The highest BCUT2D eigenvalue weighted by atomic mass is 32.2. The Labute approximate surface area is 176 Å². The molecule has 0 radical (unpaired) electrons. The Morgan fingerprint density at radius 2 is 1.90 bits per heavy atom. The average Bonchev–Trinajstić information content (AvgIpc) is 3.24. The number of benzene rings is 1. The van der Waals surface area contributed by atoms with E-state index in [0.29, 0.717) is 23.6 Å². The Morgan fingerprint density at radius 3 is 2.45 bits per heavy atom. The molecule has 2 heterocycles. The highest BCUT2D eigenvalue weighted by Crippen LogP contribution is 2.39. The molecule has 0 spiro atoms. The fraction of sp³-hybridized carbons (Fsp3) is 0.474. The Bertz CT molecular complexity index is 1110. The van der Waals surface area contributed by atoms with Gasteiger partial charge in [-0.15, -0.1) is 0 Å². The Hall–Kier alpha value is -2.63. The van der Waals surface area contributed by atoms with E-state index in [1.165, 1.54) is 4.90 Å². The molecule has 0 aliphatic carbocycles. The summed E-state index contributed by atoms with van der Waals surface area (Å²) in [6.07, 6.45) is -5.52. The standard InChI is InChI=1S/C19H21F4N3O4S/c1-10(2)26-17(6-11(3)24-26)25-9-13(8-15(25)18(27)28)31(29,30)16-5-4-12(20)7-14(16)19(21,22)23/h4-7,10,13,15H,8-9H2,1-3H3,(H,27,28)/t13-,15+/m1/s1. The number of aromatic nitrogens is 2. The first-order valence-corrected chi connectivity index (χ1v) is 10.9. The summed E-state index contributed by atoms with van der Waals surface area (Å²) in [6, 6.07) is 1.51. The molecule has 1 aromatic carbocycles. The Balaban J connectivity index is 2.07. The fourth-order valence-corrected chi connectivity index (χ4v) is 5.65. The first-order valence-electron chi connectivity index (χ1n) is 9.39. The molecule has 1 saturated heterocycles. The number of rotatable bonds is 5. The number of nitrogens with zero attached hydrogens (tertiary/aromatic N) is 3. The number of carboxylic acid groups (broad SMARTS) is 1. The molecular weight excluding hydrogens is 442 g/mol. The van der Waals surface area contributed by atoms with Crippen LogP contribution in [0.25, 0.3) is 0 Å². The van der Waals surface area contributed by atoms with E-state index in [9.17, 15) is 35.9 Å². The molecule has 0 amide bonds. The minimum Gasteiger partial charge on any atom is -0.480 e. The summed E-state index contributed by atoms with van der Waals surface area (Å²) in [5.41, 5.74) is -1.03. The van der Waals surface area contributed by atoms with Crippen molar-refractivity contribution in [2.24, 2.45) is 0 Å². The molecule has 0 unspecified atom stereocenters. The number of aliphatic carboxylic acids is 1. The van der Waals surface area contributed by atoms with Crippen molar-refractivity contribution >= 4 is 21.6 Å². The van der Waals surface area contributed by atoms with Crippen LogP contribution in [0.15, 0.2) is 29.2 Å². The van der Waals surface area contributed by atoms with Crippen LogP contribution in [-0.2, 0) is 20.8 Å². The van der Waals surface area contributed by atoms with Crippen molar-refractivity contribution in [2.45, 2.75) is 55.6 Å². The zero-order chi connectivity index (χ0) is 23.3. The van der Waals surface area contributed by atoms with Crippen molar-refractivity contribution in [1.82, 2.24) is 9.78 Å². The summed E-state index contributed by atoms with van der Waals surface area (Å²) in [5, 5.41) is 12.5. The van der Waals surface area contributed by atoms with Crippen LogP contribution >= 0.6 is 0 Å². The van der Waals surface area contributed by atoms with Crippen molar-refractivity contribution in [2.75, 3.05) is 11.4 Å². The van der Waals surface area contributed by atoms with Crippen LogP contribution in [0.4, 0.5) is 23.4 Å². The average molecular weight is 463 g/mol. The van der Waals surface area contributed by atoms with Gasteiger partial charge in [-0.05, 0) is 45.4 Å². The second kappa shape index (κ2) is 7.81. The van der Waals surface area contributed by atoms with E-state index in [1.54, 1.807) is 17.7 Å². The van der Waals surface area contributed by atoms with Crippen LogP contribution in [0.1, 0.15) is 37.6 Å². The van der Waals surface area contributed by atoms with Gasteiger partial charge in [0, 0.05) is 18.7 Å². The lowest BCUT2D eigenvalue weighted by molar-refractivity contribution is -0.140. The molecule has 3 rings (SSSR count). The third-order valence-corrected chi connectivity index (χ3v) is 7.35. The van der Waals surface area contributed by atoms with E-state index in [0.717, 1.165) is 0 Å². The van der Waals surface area contributed by atoms with Gasteiger partial charge < -0.3 is 10.0 Å². The zero-order valence-electron chi connectivity index (χ0n) is 16.9. The Kier molecular flexibility index (Phi) is 5.80. The number of hydrogen-bond donors (Lipinski definition) is 1. The van der Waals surface area contributed by atoms with Gasteiger partial charge in [0.25, 0.3) is 0 Å². The van der Waals surface area contributed by atoms with Gasteiger partial charge in [-0.3, -0.25) is 0 Å². The SMILES string of the molecule is Cc1cc(N2C[C@H](S(=O)(=O)c3ccc(F)cc3C(F)(F)F)C[C@H]2C(=O)O)n(C(C)C)n1. The first kappa shape index (κ1) is 23.0. The van der Waals surface area contributed by atoms with E-state index in [1.807, 2.05) is 13.8 Å². The second-order valence-electron chi connectivity index (χ2n) is 7.73. The molecule has 0 saturated carbocycles. The Morgan fingerprint density at radius 1 is 1.26 bits per heavy atom. The van der Waals surface area contributed by atoms with E-state index < -0.39 is 56.0 Å². The molecule has 1 aliphatic rings. The first-order chi connectivity index (χ1) is 14.2. The molecule has 1 aromatic heterocycles. The second-order valence-corrected chi connectivity index (χ2v) is 9.93. The lowest BCUT2D eigenvalue weighted by atomic mass is 10.2. The number of anilines is 1. The summed E-state index contributed by atoms with van der Waals surface area (Å²) < 4.78 is 81.4. The largest absolute Gasteiger partial charge is 0.480 e. The molecular formula is C19H21F4N3O4S. The topological polar surface area (TPSA) is 92.5 Å². The number of aryl methyl sites for hydroxylation is 1. The summed E-state index contributed by atoms with van der Waals surface area (Å²) in [7, 11) is -4.62. The smallest absolute Gasteiger partial charge is 0.417 e. The van der Waals surface area contributed by atoms with Crippen LogP contribution in [0.3, 0.4) is 0 Å². The fourth-order valence-electron chi connectivity index (χ4n) is 3.76. The molecule has 2 atom stereocenters. The van der Waals surface area contributed by atoms with Gasteiger partial charge in [0.2, 0.25) is 0 Å². The van der Waals surface area contributed by atoms with Gasteiger partial charge in [0.05, 0.1) is 21.4 Å². The van der Waals surface area contributed by atoms with E-state index in [2.05, 4.69) is 5.10 Å². The molecule has 0 bridgehead atoms. The highest BCUT2D eigenvalue weighted by molar-refractivity contribution is 7.92. The van der Waals surface area contributed by atoms with E-state index in [-0.39, 0.29) is 18.7 Å². The van der Waals surface area contributed by atoms with Crippen LogP contribution in [-0.4, -0.2) is 47.1 Å². The summed E-state index contributed by atoms with van der Waals surface area (Å²) in [4.78, 5) is 12.1. The number of carboxylic acids is 1. The van der Waals surface area contributed by atoms with Gasteiger partial charge in [-0.25, -0.2) is 22.3 Å². The van der Waals surface area contributed by atoms with Crippen LogP contribution in [0, 0.1) is 12.7 Å². The lowest BCUT2D eigenvalue weighted by Gasteiger charge is -2.25. The molecule has 7 nitrogen and oxygen atoms in total. The van der Waals surface area contributed by atoms with E-state index in [4.69, 9.17) is 0 Å². The van der Waals surface area contributed by atoms with Crippen molar-refractivity contribution in [3.8, 4) is 0 Å². The van der Waals surface area contributed by atoms with Crippen molar-refractivity contribution in [3.63, 3.8) is 0 Å². The maximum Gasteiger partial charge on any atom is 0.417 e. The molecule has 1 fully saturated rings. The van der Waals surface area contributed by atoms with Crippen molar-refractivity contribution in [1.29, 1.82) is 0 Å². The lowest BCUT2D eigenvalue weighted by Crippen LogP contribution is -2.37. The van der Waals surface area contributed by atoms with Gasteiger partial charge >= 0.3 is 12.1 Å². The number of alkyl halides is 3. The third-order valence-electron chi connectivity index (χ3n) is 5.16. The predicted octanol–water partition coefficient (Wildman–Crippen LogP) is 3.44. The molecule has 12 heteroatoms. The van der Waals surface area contributed by atoms with Crippen LogP contribution in [0.5, 0.6) is 0 Å². The van der Waals surface area contributed by atoms with Gasteiger partial charge in [-0.1, -0.05) is 0 Å². The van der Waals surface area contributed by atoms with Crippen LogP contribution < -0.4 is 4.90 Å². The summed E-state index contributed by atoms with van der Waals surface area (Å²) in [5.74, 6) is -2.16.